The highest BCUT2D eigenvalue weighted by Gasteiger charge is 2.32. The largest absolute Gasteiger partial charge is 0.343 e. The van der Waals surface area contributed by atoms with Crippen molar-refractivity contribution in [2.45, 2.75) is 53.0 Å². The molecule has 4 rings (SSSR count). The summed E-state index contributed by atoms with van der Waals surface area (Å²) in [5, 5.41) is 7.96. The molecule has 2 aliphatic rings. The van der Waals surface area contributed by atoms with Crippen LogP contribution >= 0.6 is 11.6 Å². The summed E-state index contributed by atoms with van der Waals surface area (Å²) < 4.78 is 2.04. The van der Waals surface area contributed by atoms with E-state index in [9.17, 15) is 9.59 Å². The second-order valence-electron chi connectivity index (χ2n) is 9.26. The molecule has 0 aliphatic carbocycles. The lowest BCUT2D eigenvalue weighted by molar-refractivity contribution is -0.127. The highest BCUT2D eigenvalue weighted by molar-refractivity contribution is 6.33. The Hall–Kier alpha value is -2.41. The highest BCUT2D eigenvalue weighted by Crippen LogP contribution is 2.39. The Bertz CT molecular complexity index is 984. The van der Waals surface area contributed by atoms with Crippen LogP contribution in [-0.4, -0.2) is 44.6 Å². The quantitative estimate of drug-likeness (QED) is 0.784. The van der Waals surface area contributed by atoms with Gasteiger partial charge in [0.1, 0.15) is 5.82 Å². The number of carbonyl (C=O) groups is 2. The number of rotatable bonds is 5. The third-order valence-corrected chi connectivity index (χ3v) is 6.40. The molecule has 1 N–H and O–H groups in total. The fourth-order valence-corrected chi connectivity index (χ4v) is 4.69. The molecule has 8 heteroatoms. The van der Waals surface area contributed by atoms with Gasteiger partial charge in [-0.05, 0) is 36.7 Å². The van der Waals surface area contributed by atoms with Gasteiger partial charge in [0.25, 0.3) is 0 Å². The predicted molar refractivity (Wildman–Crippen MR) is 116 cm³/mol. The van der Waals surface area contributed by atoms with Gasteiger partial charge in [0.15, 0.2) is 0 Å². The van der Waals surface area contributed by atoms with Gasteiger partial charge in [-0.1, -0.05) is 25.4 Å². The van der Waals surface area contributed by atoms with E-state index in [-0.39, 0.29) is 17.2 Å². The zero-order chi connectivity index (χ0) is 21.5. The Labute approximate surface area is 181 Å². The van der Waals surface area contributed by atoms with E-state index in [4.69, 9.17) is 11.6 Å². The number of amides is 2. The fraction of sp³-hybridized carbons (Fsp3) is 0.545. The summed E-state index contributed by atoms with van der Waals surface area (Å²) in [6.07, 6.45) is 6.49. The average Bonchev–Trinajstić information content (AvgIpc) is 3.36. The lowest BCUT2D eigenvalue weighted by atomic mass is 9.89. The zero-order valence-electron chi connectivity index (χ0n) is 17.7. The molecule has 0 aromatic carbocycles. The summed E-state index contributed by atoms with van der Waals surface area (Å²) in [7, 11) is 0. The number of hydrogen-bond donors (Lipinski definition) is 1. The minimum atomic E-state index is -0.0709. The van der Waals surface area contributed by atoms with Crippen molar-refractivity contribution in [3.8, 4) is 11.1 Å². The first kappa shape index (κ1) is 20.8. The van der Waals surface area contributed by atoms with Gasteiger partial charge >= 0.3 is 0 Å². The number of nitrogens with zero attached hydrogens (tertiary/aromatic N) is 4. The molecule has 2 aromatic rings. The lowest BCUT2D eigenvalue weighted by Crippen LogP contribution is -2.26. The monoisotopic (exact) mass is 429 g/mol. The molecule has 30 heavy (non-hydrogen) atoms. The Balaban J connectivity index is 1.41. The number of halogens is 1. The van der Waals surface area contributed by atoms with Crippen LogP contribution in [0.4, 0.5) is 5.82 Å². The summed E-state index contributed by atoms with van der Waals surface area (Å²) in [5.74, 6) is 0.911. The SMILES string of the molecule is CC(=O)N1CCC(CCC(=O)Nc2cc(-c3cnn4c3CC(C)(C)C4)c(Cl)cn2)C1. The molecule has 0 saturated carbocycles. The summed E-state index contributed by atoms with van der Waals surface area (Å²) in [6, 6.07) is 1.83. The number of nitrogens with one attached hydrogen (secondary N) is 1. The van der Waals surface area contributed by atoms with Gasteiger partial charge in [-0.3, -0.25) is 14.3 Å². The molecule has 1 fully saturated rings. The van der Waals surface area contributed by atoms with Crippen molar-refractivity contribution in [2.24, 2.45) is 11.3 Å². The average molecular weight is 430 g/mol. The molecule has 0 bridgehead atoms. The Morgan fingerprint density at radius 3 is 2.83 bits per heavy atom. The maximum absolute atomic E-state index is 12.5. The number of pyridine rings is 1. The molecule has 1 atom stereocenters. The Morgan fingerprint density at radius 2 is 2.10 bits per heavy atom. The third kappa shape index (κ3) is 4.36. The van der Waals surface area contributed by atoms with Gasteiger partial charge in [-0.25, -0.2) is 4.98 Å². The molecule has 0 radical (unpaired) electrons. The summed E-state index contributed by atoms with van der Waals surface area (Å²) in [6.45, 7) is 8.47. The molecule has 2 aliphatic heterocycles. The molecule has 1 saturated heterocycles. The molecule has 1 unspecified atom stereocenters. The lowest BCUT2D eigenvalue weighted by Gasteiger charge is -2.15. The summed E-state index contributed by atoms with van der Waals surface area (Å²) in [5.41, 5.74) is 3.18. The minimum absolute atomic E-state index is 0.0709. The van der Waals surface area contributed by atoms with Crippen LogP contribution in [0.1, 0.15) is 45.7 Å². The van der Waals surface area contributed by atoms with Gasteiger partial charge in [0, 0.05) is 56.0 Å². The van der Waals surface area contributed by atoms with Crippen molar-refractivity contribution < 1.29 is 9.59 Å². The molecule has 2 amide bonds. The maximum Gasteiger partial charge on any atom is 0.225 e. The van der Waals surface area contributed by atoms with Crippen molar-refractivity contribution in [2.75, 3.05) is 18.4 Å². The normalized spacial score (nSPS) is 19.7. The van der Waals surface area contributed by atoms with Crippen molar-refractivity contribution in [3.05, 3.63) is 29.2 Å². The van der Waals surface area contributed by atoms with Crippen LogP contribution in [0.5, 0.6) is 0 Å². The van der Waals surface area contributed by atoms with Crippen LogP contribution in [0.25, 0.3) is 11.1 Å². The minimum Gasteiger partial charge on any atom is -0.343 e. The standard InChI is InChI=1S/C22H28ClN5O2/c1-14(29)27-7-6-15(12-27)4-5-21(30)26-20-8-16(18(23)11-24-20)17-10-25-28-13-22(2,3)9-19(17)28/h8,10-11,15H,4-7,9,12-13H2,1-3H3,(H,24,26,30). The van der Waals surface area contributed by atoms with E-state index in [2.05, 4.69) is 29.2 Å². The molecule has 4 heterocycles. The third-order valence-electron chi connectivity index (χ3n) is 6.10. The first-order chi connectivity index (χ1) is 14.2. The first-order valence-corrected chi connectivity index (χ1v) is 10.9. The second-order valence-corrected chi connectivity index (χ2v) is 9.67. The van der Waals surface area contributed by atoms with Crippen LogP contribution in [0, 0.1) is 11.3 Å². The first-order valence-electron chi connectivity index (χ1n) is 10.5. The van der Waals surface area contributed by atoms with E-state index in [0.717, 1.165) is 50.0 Å². The number of aromatic nitrogens is 3. The molecular weight excluding hydrogens is 402 g/mol. The van der Waals surface area contributed by atoms with E-state index in [1.54, 1.807) is 13.1 Å². The topological polar surface area (TPSA) is 80.1 Å². The van der Waals surface area contributed by atoms with Gasteiger partial charge in [-0.15, -0.1) is 0 Å². The number of carbonyl (C=O) groups excluding carboxylic acids is 2. The summed E-state index contributed by atoms with van der Waals surface area (Å²) >= 11 is 6.44. The van der Waals surface area contributed by atoms with Crippen molar-refractivity contribution >= 4 is 29.2 Å². The molecule has 160 valence electrons. The van der Waals surface area contributed by atoms with E-state index >= 15 is 0 Å². The molecule has 7 nitrogen and oxygen atoms in total. The summed E-state index contributed by atoms with van der Waals surface area (Å²) in [4.78, 5) is 30.0. The van der Waals surface area contributed by atoms with Gasteiger partial charge in [-0.2, -0.15) is 5.10 Å². The van der Waals surface area contributed by atoms with Crippen molar-refractivity contribution in [1.29, 1.82) is 0 Å². The van der Waals surface area contributed by atoms with Crippen molar-refractivity contribution in [3.63, 3.8) is 0 Å². The van der Waals surface area contributed by atoms with E-state index in [1.807, 2.05) is 21.8 Å². The van der Waals surface area contributed by atoms with Crippen LogP contribution < -0.4 is 5.32 Å². The van der Waals surface area contributed by atoms with Crippen LogP contribution in [-0.2, 0) is 22.6 Å². The number of anilines is 1. The van der Waals surface area contributed by atoms with Gasteiger partial charge < -0.3 is 10.2 Å². The van der Waals surface area contributed by atoms with Gasteiger partial charge in [0.05, 0.1) is 11.2 Å². The molecule has 0 spiro atoms. The number of fused-ring (bicyclic) bond motifs is 1. The van der Waals surface area contributed by atoms with Crippen LogP contribution in [0.3, 0.4) is 0 Å². The number of likely N-dealkylation sites (tertiary alicyclic amines) is 1. The molecule has 2 aromatic heterocycles. The van der Waals surface area contributed by atoms with E-state index in [1.165, 1.54) is 5.69 Å². The van der Waals surface area contributed by atoms with Gasteiger partial charge in [0.2, 0.25) is 11.8 Å². The maximum atomic E-state index is 12.5. The zero-order valence-corrected chi connectivity index (χ0v) is 18.5. The molecular formula is C22H28ClN5O2. The fourth-order valence-electron chi connectivity index (χ4n) is 4.48. The Kier molecular flexibility index (Phi) is 5.57. The second kappa shape index (κ2) is 8.02. The highest BCUT2D eigenvalue weighted by atomic mass is 35.5. The number of hydrogen-bond acceptors (Lipinski definition) is 4. The van der Waals surface area contributed by atoms with E-state index in [0.29, 0.717) is 23.2 Å². The predicted octanol–water partition coefficient (Wildman–Crippen LogP) is 3.77. The Morgan fingerprint density at radius 1 is 1.30 bits per heavy atom. The smallest absolute Gasteiger partial charge is 0.225 e. The van der Waals surface area contributed by atoms with Crippen LogP contribution in [0.2, 0.25) is 5.02 Å². The van der Waals surface area contributed by atoms with Crippen molar-refractivity contribution in [1.82, 2.24) is 19.7 Å². The van der Waals surface area contributed by atoms with Crippen LogP contribution in [0.15, 0.2) is 18.5 Å². The van der Waals surface area contributed by atoms with E-state index < -0.39 is 0 Å².